The first-order valence-electron chi connectivity index (χ1n) is 5.98. The van der Waals surface area contributed by atoms with Crippen LogP contribution in [0.2, 0.25) is 0 Å². The average Bonchev–Trinajstić information content (AvgIpc) is 2.88. The van der Waals surface area contributed by atoms with Crippen LogP contribution in [0.3, 0.4) is 0 Å². The summed E-state index contributed by atoms with van der Waals surface area (Å²) in [6.07, 6.45) is 4.11. The molecule has 1 aliphatic rings. The summed E-state index contributed by atoms with van der Waals surface area (Å²) >= 11 is 0. The van der Waals surface area contributed by atoms with Gasteiger partial charge in [0.05, 0.1) is 12.7 Å². The van der Waals surface area contributed by atoms with Gasteiger partial charge in [-0.25, -0.2) is 4.98 Å². The first kappa shape index (κ1) is 12.1. The lowest BCUT2D eigenvalue weighted by atomic mass is 9.99. The summed E-state index contributed by atoms with van der Waals surface area (Å²) in [5.74, 6) is 0.685. The van der Waals surface area contributed by atoms with E-state index in [0.29, 0.717) is 18.9 Å². The van der Waals surface area contributed by atoms with E-state index < -0.39 is 11.5 Å². The van der Waals surface area contributed by atoms with Crippen LogP contribution in [0.4, 0.5) is 0 Å². The molecule has 2 rings (SSSR count). The molecular formula is C12H18N2O3. The highest BCUT2D eigenvalue weighted by Gasteiger charge is 2.43. The van der Waals surface area contributed by atoms with E-state index in [-0.39, 0.29) is 0 Å². The van der Waals surface area contributed by atoms with Gasteiger partial charge in [-0.1, -0.05) is 6.92 Å². The molecule has 2 heterocycles. The van der Waals surface area contributed by atoms with Gasteiger partial charge in [0.15, 0.2) is 0 Å². The number of aromatic nitrogens is 1. The van der Waals surface area contributed by atoms with Crippen LogP contribution in [0.1, 0.15) is 38.3 Å². The zero-order valence-electron chi connectivity index (χ0n) is 10.3. The van der Waals surface area contributed by atoms with Crippen LogP contribution in [0.25, 0.3) is 0 Å². The lowest BCUT2D eigenvalue weighted by molar-refractivity contribution is -0.149. The van der Waals surface area contributed by atoms with Gasteiger partial charge < -0.3 is 9.52 Å². The number of nitrogens with zero attached hydrogens (tertiary/aromatic N) is 2. The minimum Gasteiger partial charge on any atom is -0.480 e. The van der Waals surface area contributed by atoms with Gasteiger partial charge in [-0.2, -0.15) is 0 Å². The Bertz CT molecular complexity index is 416. The zero-order chi connectivity index (χ0) is 12.5. The monoisotopic (exact) mass is 238 g/mol. The van der Waals surface area contributed by atoms with E-state index in [0.717, 1.165) is 25.1 Å². The van der Waals surface area contributed by atoms with E-state index in [1.165, 1.54) is 0 Å². The molecule has 0 radical (unpaired) electrons. The molecule has 1 aliphatic heterocycles. The van der Waals surface area contributed by atoms with Crippen LogP contribution in [-0.2, 0) is 17.8 Å². The maximum Gasteiger partial charge on any atom is 0.323 e. The fraction of sp³-hybridized carbons (Fsp3) is 0.667. The van der Waals surface area contributed by atoms with Crippen LogP contribution in [-0.4, -0.2) is 33.0 Å². The van der Waals surface area contributed by atoms with E-state index in [2.05, 4.69) is 4.98 Å². The highest BCUT2D eigenvalue weighted by Crippen LogP contribution is 2.30. The molecule has 17 heavy (non-hydrogen) atoms. The summed E-state index contributed by atoms with van der Waals surface area (Å²) in [4.78, 5) is 17.4. The first-order chi connectivity index (χ1) is 8.06. The average molecular weight is 238 g/mol. The molecule has 0 spiro atoms. The Morgan fingerprint density at radius 3 is 3.06 bits per heavy atom. The second-order valence-electron chi connectivity index (χ2n) is 4.68. The number of hydrogen-bond acceptors (Lipinski definition) is 4. The molecule has 0 amide bonds. The van der Waals surface area contributed by atoms with Gasteiger partial charge >= 0.3 is 5.97 Å². The molecule has 0 aliphatic carbocycles. The summed E-state index contributed by atoms with van der Waals surface area (Å²) < 4.78 is 5.52. The minimum atomic E-state index is -0.777. The number of likely N-dealkylation sites (tertiary alicyclic amines) is 1. The molecular weight excluding hydrogens is 220 g/mol. The van der Waals surface area contributed by atoms with Crippen molar-refractivity contribution in [1.29, 1.82) is 0 Å². The normalized spacial score (nSPS) is 25.3. The molecule has 1 N–H and O–H groups in total. The summed E-state index contributed by atoms with van der Waals surface area (Å²) in [7, 11) is 0. The van der Waals surface area contributed by atoms with Gasteiger partial charge in [0.2, 0.25) is 5.89 Å². The van der Waals surface area contributed by atoms with Crippen molar-refractivity contribution < 1.29 is 14.3 Å². The Kier molecular flexibility index (Phi) is 3.19. The van der Waals surface area contributed by atoms with Crippen molar-refractivity contribution in [3.63, 3.8) is 0 Å². The van der Waals surface area contributed by atoms with Crippen molar-refractivity contribution in [3.05, 3.63) is 17.8 Å². The predicted octanol–water partition coefficient (Wildman–Crippen LogP) is 1.68. The van der Waals surface area contributed by atoms with Crippen LogP contribution in [0, 0.1) is 0 Å². The van der Waals surface area contributed by atoms with Gasteiger partial charge in [-0.15, -0.1) is 0 Å². The smallest absolute Gasteiger partial charge is 0.323 e. The maximum atomic E-state index is 11.3. The molecule has 5 heteroatoms. The molecule has 1 unspecified atom stereocenters. The Morgan fingerprint density at radius 1 is 1.71 bits per heavy atom. The van der Waals surface area contributed by atoms with Crippen LogP contribution in [0.15, 0.2) is 10.6 Å². The van der Waals surface area contributed by atoms with Gasteiger partial charge in [-0.05, 0) is 26.3 Å². The van der Waals surface area contributed by atoms with Crippen molar-refractivity contribution in [2.75, 3.05) is 6.54 Å². The second-order valence-corrected chi connectivity index (χ2v) is 4.68. The number of oxazole rings is 1. The Hall–Kier alpha value is -1.36. The summed E-state index contributed by atoms with van der Waals surface area (Å²) in [6.45, 7) is 5.03. The molecule has 0 saturated carbocycles. The number of rotatable bonds is 4. The number of aliphatic carboxylic acids is 1. The Balaban J connectivity index is 2.10. The molecule has 1 saturated heterocycles. The number of hydrogen-bond donors (Lipinski definition) is 1. The van der Waals surface area contributed by atoms with Crippen LogP contribution < -0.4 is 0 Å². The highest BCUT2D eigenvalue weighted by atomic mass is 16.4. The molecule has 1 aromatic heterocycles. The van der Waals surface area contributed by atoms with Crippen molar-refractivity contribution in [3.8, 4) is 0 Å². The Labute approximate surface area is 100 Å². The minimum absolute atomic E-state index is 0.475. The summed E-state index contributed by atoms with van der Waals surface area (Å²) in [6, 6.07) is 0. The fourth-order valence-electron chi connectivity index (χ4n) is 2.26. The topological polar surface area (TPSA) is 66.6 Å². The molecule has 1 fully saturated rings. The van der Waals surface area contributed by atoms with Crippen molar-refractivity contribution in [2.45, 2.75) is 45.2 Å². The summed E-state index contributed by atoms with van der Waals surface area (Å²) in [5.41, 5.74) is -0.777. The molecule has 5 nitrogen and oxygen atoms in total. The number of carboxylic acids is 1. The van der Waals surface area contributed by atoms with E-state index >= 15 is 0 Å². The zero-order valence-corrected chi connectivity index (χ0v) is 10.3. The van der Waals surface area contributed by atoms with E-state index in [1.54, 1.807) is 13.1 Å². The quantitative estimate of drug-likeness (QED) is 0.864. The SMILES string of the molecule is CCc1cnc(CN2CCCC2(C)C(=O)O)o1. The highest BCUT2D eigenvalue weighted by molar-refractivity contribution is 5.78. The van der Waals surface area contributed by atoms with Crippen molar-refractivity contribution >= 4 is 5.97 Å². The standard InChI is InChI=1S/C12H18N2O3/c1-3-9-7-13-10(17-9)8-14-6-4-5-12(14,2)11(15)16/h7H,3-6,8H2,1-2H3,(H,15,16). The van der Waals surface area contributed by atoms with E-state index in [1.807, 2.05) is 11.8 Å². The Morgan fingerprint density at radius 2 is 2.47 bits per heavy atom. The third kappa shape index (κ3) is 2.20. The third-order valence-corrected chi connectivity index (χ3v) is 3.53. The largest absolute Gasteiger partial charge is 0.480 e. The second kappa shape index (κ2) is 4.49. The molecule has 0 bridgehead atoms. The van der Waals surface area contributed by atoms with Gasteiger partial charge in [-0.3, -0.25) is 9.69 Å². The molecule has 0 aromatic carbocycles. The van der Waals surface area contributed by atoms with Crippen molar-refractivity contribution in [2.24, 2.45) is 0 Å². The first-order valence-corrected chi connectivity index (χ1v) is 5.98. The number of aryl methyl sites for hydroxylation is 1. The van der Waals surface area contributed by atoms with Crippen molar-refractivity contribution in [1.82, 2.24) is 9.88 Å². The number of carboxylic acid groups (broad SMARTS) is 1. The third-order valence-electron chi connectivity index (χ3n) is 3.53. The van der Waals surface area contributed by atoms with E-state index in [9.17, 15) is 9.90 Å². The lowest BCUT2D eigenvalue weighted by Gasteiger charge is -2.29. The molecule has 1 atom stereocenters. The molecule has 94 valence electrons. The summed E-state index contributed by atoms with van der Waals surface area (Å²) in [5, 5.41) is 9.28. The van der Waals surface area contributed by atoms with Crippen LogP contribution in [0.5, 0.6) is 0 Å². The van der Waals surface area contributed by atoms with Crippen LogP contribution >= 0.6 is 0 Å². The number of carbonyl (C=O) groups is 1. The van der Waals surface area contributed by atoms with Gasteiger partial charge in [0.1, 0.15) is 11.3 Å². The predicted molar refractivity (Wildman–Crippen MR) is 61.6 cm³/mol. The van der Waals surface area contributed by atoms with E-state index in [4.69, 9.17) is 4.42 Å². The van der Waals surface area contributed by atoms with Gasteiger partial charge in [0, 0.05) is 6.42 Å². The lowest BCUT2D eigenvalue weighted by Crippen LogP contribution is -2.47. The molecule has 1 aromatic rings. The maximum absolute atomic E-state index is 11.3. The van der Waals surface area contributed by atoms with Gasteiger partial charge in [0.25, 0.3) is 0 Å². The fourth-order valence-corrected chi connectivity index (χ4v) is 2.26.